The van der Waals surface area contributed by atoms with E-state index in [2.05, 4.69) is 10.6 Å². The number of halogens is 2. The smallest absolute Gasteiger partial charge is 0.338 e. The predicted octanol–water partition coefficient (Wildman–Crippen LogP) is 1.21. The van der Waals surface area contributed by atoms with E-state index in [0.29, 0.717) is 25.6 Å². The summed E-state index contributed by atoms with van der Waals surface area (Å²) >= 11 is 0. The van der Waals surface area contributed by atoms with Gasteiger partial charge in [0, 0.05) is 12.6 Å². The highest BCUT2D eigenvalue weighted by atomic mass is 19.1. The van der Waals surface area contributed by atoms with Crippen molar-refractivity contribution in [1.29, 1.82) is 0 Å². The lowest BCUT2D eigenvalue weighted by Crippen LogP contribution is -2.25. The molecule has 2 rings (SSSR count). The zero-order valence-corrected chi connectivity index (χ0v) is 9.87. The van der Waals surface area contributed by atoms with Crippen molar-refractivity contribution >= 4 is 17.6 Å². The summed E-state index contributed by atoms with van der Waals surface area (Å²) in [5, 5.41) is 14.0. The number of hydrogen-bond acceptors (Lipinski definition) is 3. The second kappa shape index (κ2) is 5.31. The predicted molar refractivity (Wildman–Crippen MR) is 62.9 cm³/mol. The van der Waals surface area contributed by atoms with E-state index in [9.17, 15) is 18.4 Å². The van der Waals surface area contributed by atoms with Gasteiger partial charge in [-0.25, -0.2) is 13.6 Å². The summed E-state index contributed by atoms with van der Waals surface area (Å²) in [6.07, 6.45) is 0.625. The first-order valence-electron chi connectivity index (χ1n) is 5.73. The van der Waals surface area contributed by atoms with E-state index in [1.54, 1.807) is 0 Å². The molecule has 0 aromatic heterocycles. The molecule has 7 heteroatoms. The lowest BCUT2D eigenvalue weighted by molar-refractivity contribution is -0.119. The van der Waals surface area contributed by atoms with Crippen molar-refractivity contribution in [2.24, 2.45) is 5.92 Å². The van der Waals surface area contributed by atoms with Gasteiger partial charge in [-0.05, 0) is 19.0 Å². The molecule has 1 saturated heterocycles. The molecule has 0 radical (unpaired) electrons. The molecule has 1 atom stereocenters. The molecule has 0 aliphatic carbocycles. The molecule has 1 aliphatic heterocycles. The van der Waals surface area contributed by atoms with Crippen LogP contribution in [0.15, 0.2) is 12.1 Å². The van der Waals surface area contributed by atoms with Gasteiger partial charge in [0.1, 0.15) is 11.6 Å². The van der Waals surface area contributed by atoms with Gasteiger partial charge in [-0.1, -0.05) is 0 Å². The molecule has 1 heterocycles. The molecule has 1 fully saturated rings. The van der Waals surface area contributed by atoms with E-state index in [1.807, 2.05) is 0 Å². The third-order valence-electron chi connectivity index (χ3n) is 2.98. The fraction of sp³-hybridized carbons (Fsp3) is 0.333. The largest absolute Gasteiger partial charge is 0.478 e. The number of carboxylic acid groups (broad SMARTS) is 1. The van der Waals surface area contributed by atoms with E-state index in [1.165, 1.54) is 0 Å². The highest BCUT2D eigenvalue weighted by molar-refractivity contribution is 5.95. The Kier molecular flexibility index (Phi) is 3.75. The Morgan fingerprint density at radius 2 is 2.05 bits per heavy atom. The van der Waals surface area contributed by atoms with Gasteiger partial charge in [0.05, 0.1) is 17.2 Å². The van der Waals surface area contributed by atoms with Crippen LogP contribution in [-0.2, 0) is 4.79 Å². The maximum absolute atomic E-state index is 13.5. The Morgan fingerprint density at radius 1 is 1.32 bits per heavy atom. The van der Waals surface area contributed by atoms with Crippen LogP contribution in [-0.4, -0.2) is 30.1 Å². The van der Waals surface area contributed by atoms with Gasteiger partial charge < -0.3 is 15.7 Å². The second-order valence-corrected chi connectivity index (χ2v) is 4.30. The van der Waals surface area contributed by atoms with E-state index in [4.69, 9.17) is 5.11 Å². The molecular weight excluding hydrogens is 258 g/mol. The zero-order valence-electron chi connectivity index (χ0n) is 9.87. The van der Waals surface area contributed by atoms with Crippen molar-refractivity contribution in [3.63, 3.8) is 0 Å². The standard InChI is InChI=1S/C12H12F2N2O3/c13-8-4-9(14)10(3-7(8)12(18)19)16-11(17)6-1-2-15-5-6/h3-4,6,15H,1-2,5H2,(H,16,17)(H,18,19). The molecule has 1 aromatic carbocycles. The maximum Gasteiger partial charge on any atom is 0.338 e. The molecule has 1 aliphatic rings. The van der Waals surface area contributed by atoms with E-state index in [-0.39, 0.29) is 11.6 Å². The molecule has 5 nitrogen and oxygen atoms in total. The molecule has 1 unspecified atom stereocenters. The minimum Gasteiger partial charge on any atom is -0.478 e. The van der Waals surface area contributed by atoms with E-state index in [0.717, 1.165) is 6.07 Å². The van der Waals surface area contributed by atoms with Crippen LogP contribution >= 0.6 is 0 Å². The van der Waals surface area contributed by atoms with Crippen molar-refractivity contribution in [3.05, 3.63) is 29.3 Å². The number of carbonyl (C=O) groups excluding carboxylic acids is 1. The number of nitrogens with one attached hydrogen (secondary N) is 2. The van der Waals surface area contributed by atoms with Crippen molar-refractivity contribution in [2.75, 3.05) is 18.4 Å². The first-order valence-corrected chi connectivity index (χ1v) is 5.73. The lowest BCUT2D eigenvalue weighted by Gasteiger charge is -2.11. The summed E-state index contributed by atoms with van der Waals surface area (Å²) in [5.41, 5.74) is -1.00. The number of anilines is 1. The number of aromatic carboxylic acids is 1. The van der Waals surface area contributed by atoms with Crippen LogP contribution in [0.1, 0.15) is 16.8 Å². The van der Waals surface area contributed by atoms with Crippen molar-refractivity contribution < 1.29 is 23.5 Å². The van der Waals surface area contributed by atoms with Crippen LogP contribution in [0.4, 0.5) is 14.5 Å². The molecule has 0 saturated carbocycles. The summed E-state index contributed by atoms with van der Waals surface area (Å²) in [6, 6.07) is 1.24. The van der Waals surface area contributed by atoms with Crippen LogP contribution in [0.2, 0.25) is 0 Å². The maximum atomic E-state index is 13.5. The average molecular weight is 270 g/mol. The van der Waals surface area contributed by atoms with Gasteiger partial charge in [-0.3, -0.25) is 4.79 Å². The first-order chi connectivity index (χ1) is 8.99. The van der Waals surface area contributed by atoms with Crippen LogP contribution in [0.5, 0.6) is 0 Å². The van der Waals surface area contributed by atoms with Gasteiger partial charge in [0.15, 0.2) is 0 Å². The molecule has 1 amide bonds. The second-order valence-electron chi connectivity index (χ2n) is 4.30. The fourth-order valence-electron chi connectivity index (χ4n) is 1.92. The molecule has 102 valence electrons. The third-order valence-corrected chi connectivity index (χ3v) is 2.98. The molecular formula is C12H12F2N2O3. The minimum absolute atomic E-state index is 0.294. The van der Waals surface area contributed by atoms with Crippen molar-refractivity contribution in [1.82, 2.24) is 5.32 Å². The van der Waals surface area contributed by atoms with Crippen LogP contribution in [0, 0.1) is 17.6 Å². The number of carbonyl (C=O) groups is 2. The SMILES string of the molecule is O=C(O)c1cc(NC(=O)C2CCNC2)c(F)cc1F. The number of carboxylic acids is 1. The molecule has 3 N–H and O–H groups in total. The highest BCUT2D eigenvalue weighted by Crippen LogP contribution is 2.21. The Labute approximate surface area is 107 Å². The number of hydrogen-bond donors (Lipinski definition) is 3. The van der Waals surface area contributed by atoms with E-state index >= 15 is 0 Å². The Bertz CT molecular complexity index is 528. The number of benzene rings is 1. The highest BCUT2D eigenvalue weighted by Gasteiger charge is 2.24. The van der Waals surface area contributed by atoms with Gasteiger partial charge in [-0.15, -0.1) is 0 Å². The summed E-state index contributed by atoms with van der Waals surface area (Å²) in [4.78, 5) is 22.5. The number of rotatable bonds is 3. The Hall–Kier alpha value is -2.02. The Balaban J connectivity index is 2.21. The topological polar surface area (TPSA) is 78.4 Å². The summed E-state index contributed by atoms with van der Waals surface area (Å²) in [5.74, 6) is -4.40. The average Bonchev–Trinajstić information content (AvgIpc) is 2.85. The normalized spacial score (nSPS) is 18.3. The fourth-order valence-corrected chi connectivity index (χ4v) is 1.92. The minimum atomic E-state index is -1.52. The monoisotopic (exact) mass is 270 g/mol. The van der Waals surface area contributed by atoms with Gasteiger partial charge in [-0.2, -0.15) is 0 Å². The van der Waals surface area contributed by atoms with Crippen LogP contribution in [0.3, 0.4) is 0 Å². The summed E-state index contributed by atoms with van der Waals surface area (Å²) in [7, 11) is 0. The molecule has 0 bridgehead atoms. The van der Waals surface area contributed by atoms with Crippen molar-refractivity contribution in [2.45, 2.75) is 6.42 Å². The summed E-state index contributed by atoms with van der Waals surface area (Å²) < 4.78 is 26.7. The van der Waals surface area contributed by atoms with Crippen LogP contribution in [0.25, 0.3) is 0 Å². The quantitative estimate of drug-likeness (QED) is 0.771. The lowest BCUT2D eigenvalue weighted by atomic mass is 10.1. The molecule has 1 aromatic rings. The van der Waals surface area contributed by atoms with Gasteiger partial charge in [0.25, 0.3) is 0 Å². The first kappa shape index (κ1) is 13.4. The van der Waals surface area contributed by atoms with Crippen LogP contribution < -0.4 is 10.6 Å². The molecule has 19 heavy (non-hydrogen) atoms. The zero-order chi connectivity index (χ0) is 14.0. The van der Waals surface area contributed by atoms with Gasteiger partial charge in [0.2, 0.25) is 5.91 Å². The summed E-state index contributed by atoms with van der Waals surface area (Å²) in [6.45, 7) is 1.19. The Morgan fingerprint density at radius 3 is 2.63 bits per heavy atom. The van der Waals surface area contributed by atoms with E-state index < -0.39 is 29.1 Å². The van der Waals surface area contributed by atoms with Gasteiger partial charge >= 0.3 is 5.97 Å². The third kappa shape index (κ3) is 2.87. The van der Waals surface area contributed by atoms with Crippen molar-refractivity contribution in [3.8, 4) is 0 Å². The number of amides is 1. The molecule has 0 spiro atoms.